The third-order valence-corrected chi connectivity index (χ3v) is 29.2. The Hall–Kier alpha value is -14.6. The topological polar surface area (TPSA) is 395 Å². The van der Waals surface area contributed by atoms with Gasteiger partial charge in [0.15, 0.2) is 17.4 Å². The Bertz CT molecular complexity index is 8040. The fourth-order valence-corrected chi connectivity index (χ4v) is 21.9. The number of Topliss-reactive ketones (excluding diaryl/α,β-unsaturated/α-hetero) is 1. The number of aromatic carboxylic acids is 5. The molecular weight excluding hydrogens is 2050 g/mol. The van der Waals surface area contributed by atoms with Crippen molar-refractivity contribution < 1.29 is 73.5 Å². The van der Waals surface area contributed by atoms with Crippen LogP contribution in [0, 0.1) is 20.8 Å². The molecule has 1 aliphatic heterocycles. The molecule has 8 aromatic heterocycles. The molecule has 11 N–H and O–H groups in total. The van der Waals surface area contributed by atoms with Crippen molar-refractivity contribution in [2.24, 2.45) is 12.0 Å². The van der Waals surface area contributed by atoms with Gasteiger partial charge in [-0.25, -0.2) is 38.9 Å². The van der Waals surface area contributed by atoms with E-state index >= 15 is 0 Å². The minimum Gasteiger partial charge on any atom is -0.478 e. The zero-order chi connectivity index (χ0) is 99.2. The molecule has 0 saturated carbocycles. The highest BCUT2D eigenvalue weighted by atomic mass is 79.9. The maximum Gasteiger partial charge on any atom is 0.339 e. The number of para-hydroxylation sites is 5. The first-order valence-electron chi connectivity index (χ1n) is 42.1. The third kappa shape index (κ3) is 22.1. The predicted molar refractivity (Wildman–Crippen MR) is 562 cm³/mol. The van der Waals surface area contributed by atoms with Crippen LogP contribution in [0.15, 0.2) is 266 Å². The highest BCUT2D eigenvalue weighted by molar-refractivity contribution is 9.10. The van der Waals surface area contributed by atoms with Gasteiger partial charge in [-0.1, -0.05) is 201 Å². The van der Waals surface area contributed by atoms with Crippen molar-refractivity contribution >= 4 is 263 Å². The van der Waals surface area contributed by atoms with Gasteiger partial charge < -0.3 is 61.3 Å². The van der Waals surface area contributed by atoms with E-state index in [-0.39, 0.29) is 80.3 Å². The second-order valence-corrected chi connectivity index (χ2v) is 39.2. The molecule has 10 aromatic carbocycles. The molecule has 20 rings (SSSR count). The summed E-state index contributed by atoms with van der Waals surface area (Å²) >= 11 is 40.1. The van der Waals surface area contributed by atoms with Crippen LogP contribution >= 0.6 is 131 Å². The number of H-pyrrole nitrogens is 2. The van der Waals surface area contributed by atoms with Gasteiger partial charge in [0.25, 0.3) is 23.6 Å². The number of hydrogen-bond donors (Lipinski definition) is 11. The van der Waals surface area contributed by atoms with E-state index in [2.05, 4.69) is 62.1 Å². The van der Waals surface area contributed by atoms with Crippen LogP contribution in [-0.4, -0.2) is 115 Å². The molecule has 18 aromatic rings. The van der Waals surface area contributed by atoms with Gasteiger partial charge in [0, 0.05) is 93.7 Å². The Labute approximate surface area is 849 Å². The van der Waals surface area contributed by atoms with Gasteiger partial charge in [0.05, 0.1) is 80.6 Å². The predicted octanol–water partition coefficient (Wildman–Crippen LogP) is 27.5. The number of ketones is 1. The zero-order valence-electron chi connectivity index (χ0n) is 73.4. The van der Waals surface area contributed by atoms with Crippen molar-refractivity contribution in [1.29, 1.82) is 0 Å². The minimum absolute atomic E-state index is 0.0341. The lowest BCUT2D eigenvalue weighted by molar-refractivity contribution is -0.115. The Morgan fingerprint density at radius 2 is 0.850 bits per heavy atom. The van der Waals surface area contributed by atoms with E-state index in [0.29, 0.717) is 101 Å². The molecule has 2 aliphatic rings. The number of anilines is 4. The van der Waals surface area contributed by atoms with Gasteiger partial charge in [-0.15, -0.1) is 56.7 Å². The highest BCUT2D eigenvalue weighted by Crippen LogP contribution is 2.44. The van der Waals surface area contributed by atoms with Crippen LogP contribution in [0.2, 0.25) is 25.1 Å². The summed E-state index contributed by atoms with van der Waals surface area (Å²) < 4.78 is 2.59. The molecule has 0 saturated heterocycles. The highest BCUT2D eigenvalue weighted by Gasteiger charge is 2.32. The SMILES string of the molecule is Cc1cc(Cl)c2c(c1)CC(C(=O)Cc1csc(-c3ccc(Cl)cc3)c1C(=O)O)=C2.Cc1ccc(-c2scc(NC(=O)c3cc4c(Cl)cc(C)cc4[nH]3)c2C(=O)O)cc1.Cn1c(C(=O)Nc2csc(-c3ccc(Cl)cc3)c2C(=O)O)nc2ccccc21.O=C(Nc1csc(-c2ccc(Br)cc2)c1C(=O)O)C1=Nc2ccccc2C1.O=C(Nc1csc(-c2ccc(Cl)cc2)c1C(=O)O)c1nc2ccccc2[nH]1. The number of rotatable bonds is 21. The number of nitrogens with one attached hydrogen (secondary N) is 6. The summed E-state index contributed by atoms with van der Waals surface area (Å²) in [7, 11) is 1.75. The normalized spacial score (nSPS) is 11.6. The summed E-state index contributed by atoms with van der Waals surface area (Å²) in [4.78, 5) is 145. The molecule has 700 valence electrons. The summed E-state index contributed by atoms with van der Waals surface area (Å²) in [6.07, 6.45) is 2.83. The van der Waals surface area contributed by atoms with Crippen LogP contribution < -0.4 is 21.3 Å². The fourth-order valence-electron chi connectivity index (χ4n) is 15.5. The molecule has 0 spiro atoms. The summed E-state index contributed by atoms with van der Waals surface area (Å²) in [5, 5.41) is 71.3. The standard InChI is InChI=1S/C23H16Cl2O3S.C22H17ClN2O3S.C20H13BrN2O3S.C20H14ClN3O3S.C19H12ClN3O3S/c1-12-6-14-8-15(9-18(14)19(25)7-12)20(26)10-16-11-29-22(21(16)23(27)28)13-2-4-17(24)5-3-13;1-11-3-5-13(6-4-11)20-19(22(27)28)18(10-29-20)25-21(26)17-9-14-15(23)7-12(2)8-16(14)24-17;21-13-7-5-11(6-8-13)18-17(20(25)26)16(10-27-18)23-19(24)15-9-12-3-1-2-4-14(12)22-15;1-24-15-5-3-2-4-13(15)22-18(24)19(25)23-14-10-28-17(16(14)20(26)27)11-6-8-12(21)9-7-11;20-11-7-5-10(6-8-11)16-15(19(25)26)14(9-27-16)23-18(24)17-21-12-3-1-2-4-13(12)22-17/h2-7,9,11H,8,10H2,1H3,(H,27,28);3-10,24H,1-2H3,(H,25,26)(H,27,28);1-8,10H,9H2,(H,23,24)(H,25,26);2-10H,1H3,(H,23,25)(H,26,27);1-9H,(H,21,22)(H,23,24)(H,25,26). The molecule has 140 heavy (non-hydrogen) atoms. The summed E-state index contributed by atoms with van der Waals surface area (Å²) in [5.41, 5.74) is 17.5. The van der Waals surface area contributed by atoms with Gasteiger partial charge in [0.1, 0.15) is 33.7 Å². The lowest BCUT2D eigenvalue weighted by Crippen LogP contribution is -2.23. The first kappa shape index (κ1) is 98.5. The Morgan fingerprint density at radius 1 is 0.414 bits per heavy atom. The maximum absolute atomic E-state index is 12.9. The smallest absolute Gasteiger partial charge is 0.339 e. The number of carboxylic acid groups (broad SMARTS) is 5. The Balaban J connectivity index is 0.000000126. The Morgan fingerprint density at radius 3 is 1.36 bits per heavy atom. The number of nitrogens with zero attached hydrogens (tertiary/aromatic N) is 4. The zero-order valence-corrected chi connectivity index (χ0v) is 82.8. The maximum atomic E-state index is 12.9. The molecule has 0 fully saturated rings. The second kappa shape index (κ2) is 42.8. The first-order chi connectivity index (χ1) is 67.2. The quantitative estimate of drug-likeness (QED) is 0.0318. The number of imidazole rings is 2. The second-order valence-electron chi connectivity index (χ2n) is 31.7. The van der Waals surface area contributed by atoms with Crippen molar-refractivity contribution in [3.8, 4) is 52.2 Å². The summed E-state index contributed by atoms with van der Waals surface area (Å²) in [5.74, 6) is -7.00. The van der Waals surface area contributed by atoms with Crippen molar-refractivity contribution in [3.63, 3.8) is 0 Å². The molecule has 0 unspecified atom stereocenters. The van der Waals surface area contributed by atoms with Crippen molar-refractivity contribution in [2.45, 2.75) is 40.0 Å². The number of carboxylic acids is 5. The van der Waals surface area contributed by atoms with Crippen molar-refractivity contribution in [3.05, 3.63) is 371 Å². The number of carbonyl (C=O) groups excluding carboxylic acids is 5. The van der Waals surface area contributed by atoms with Crippen LogP contribution in [0.3, 0.4) is 0 Å². The van der Waals surface area contributed by atoms with Crippen LogP contribution in [-0.2, 0) is 35.9 Å². The Kier molecular flexibility index (Phi) is 30.1. The number of amides is 4. The number of halogens is 6. The van der Waals surface area contributed by atoms with E-state index < -0.39 is 47.6 Å². The number of aromatic nitrogens is 5. The monoisotopic (exact) mass is 2110 g/mol. The number of aryl methyl sites for hydroxylation is 4. The van der Waals surface area contributed by atoms with Gasteiger partial charge in [-0.05, 0) is 197 Å². The summed E-state index contributed by atoms with van der Waals surface area (Å²) in [6.45, 7) is 5.85. The molecule has 0 atom stereocenters. The lowest BCUT2D eigenvalue weighted by atomic mass is 9.98. The van der Waals surface area contributed by atoms with Gasteiger partial charge in [-0.2, -0.15) is 0 Å². The van der Waals surface area contributed by atoms with Gasteiger partial charge in [0.2, 0.25) is 0 Å². The largest absolute Gasteiger partial charge is 0.478 e. The number of benzene rings is 10. The van der Waals surface area contributed by atoms with E-state index in [4.69, 9.17) is 58.0 Å². The molecule has 9 heterocycles. The summed E-state index contributed by atoms with van der Waals surface area (Å²) in [6, 6.07) is 67.3. The van der Waals surface area contributed by atoms with Crippen molar-refractivity contribution in [1.82, 2.24) is 24.5 Å². The minimum atomic E-state index is -1.12. The number of thiophene rings is 5. The lowest BCUT2D eigenvalue weighted by Gasteiger charge is -2.06. The number of carbonyl (C=O) groups is 10. The molecule has 0 radical (unpaired) electrons. The first-order valence-corrected chi connectivity index (χ1v) is 49.2. The molecule has 1 aliphatic carbocycles. The third-order valence-electron chi connectivity index (χ3n) is 22.1. The van der Waals surface area contributed by atoms with E-state index in [1.54, 1.807) is 123 Å². The van der Waals surface area contributed by atoms with Crippen LogP contribution in [0.4, 0.5) is 28.4 Å². The van der Waals surface area contributed by atoms with E-state index in [0.717, 1.165) is 87.7 Å². The molecule has 36 heteroatoms. The van der Waals surface area contributed by atoms with Gasteiger partial charge >= 0.3 is 29.8 Å². The molecule has 4 amide bonds. The number of aromatic amines is 2. The average molecular weight is 2120 g/mol. The molecule has 25 nitrogen and oxygen atoms in total. The van der Waals surface area contributed by atoms with Crippen LogP contribution in [0.25, 0.3) is 91.2 Å². The average Bonchev–Trinajstić information content (AvgIpc) is 1.62. The van der Waals surface area contributed by atoms with E-state index in [1.165, 1.54) is 56.7 Å². The van der Waals surface area contributed by atoms with Crippen LogP contribution in [0.5, 0.6) is 0 Å². The number of fused-ring (bicyclic) bond motifs is 5. The van der Waals surface area contributed by atoms with E-state index in [9.17, 15) is 73.5 Å². The molecule has 0 bridgehead atoms. The molecular formula is C104H72BrCl5N10O15S5. The van der Waals surface area contributed by atoms with Gasteiger partial charge in [-0.3, -0.25) is 24.0 Å². The van der Waals surface area contributed by atoms with E-state index in [1.807, 2.05) is 166 Å². The number of allylic oxidation sites excluding steroid dienone is 1. The van der Waals surface area contributed by atoms with Crippen molar-refractivity contribution in [2.75, 3.05) is 21.3 Å². The van der Waals surface area contributed by atoms with Crippen LogP contribution in [0.1, 0.15) is 122 Å². The number of hydrogen-bond acceptors (Lipinski definition) is 18. The fraction of sp³-hybridized carbons (Fsp3) is 0.0673. The number of aliphatic imine (C=N–C) groups is 1.